The van der Waals surface area contributed by atoms with E-state index in [1.807, 2.05) is 6.92 Å². The molecule has 1 fully saturated rings. The SMILES string of the molecule is CCOc1ccccc1C(=O)NCCCC(=O)NC1(CC(=O)O)CCC1. The molecule has 1 saturated carbocycles. The van der Waals surface area contributed by atoms with Crippen LogP contribution in [-0.4, -0.2) is 41.6 Å². The van der Waals surface area contributed by atoms with E-state index in [1.165, 1.54) is 0 Å². The number of rotatable bonds is 10. The molecule has 1 aromatic rings. The van der Waals surface area contributed by atoms with Crippen molar-refractivity contribution >= 4 is 17.8 Å². The zero-order valence-corrected chi connectivity index (χ0v) is 15.0. The van der Waals surface area contributed by atoms with Gasteiger partial charge in [-0.3, -0.25) is 14.4 Å². The summed E-state index contributed by atoms with van der Waals surface area (Å²) in [6.45, 7) is 2.69. The van der Waals surface area contributed by atoms with Crippen LogP contribution in [0.1, 0.15) is 55.8 Å². The monoisotopic (exact) mass is 362 g/mol. The first kappa shape index (κ1) is 19.8. The number of carboxylic acid groups (broad SMARTS) is 1. The summed E-state index contributed by atoms with van der Waals surface area (Å²) >= 11 is 0. The second-order valence-electron chi connectivity index (χ2n) is 6.54. The summed E-state index contributed by atoms with van der Waals surface area (Å²) in [5.41, 5.74) is -0.114. The molecule has 0 bridgehead atoms. The lowest BCUT2D eigenvalue weighted by Crippen LogP contribution is -2.54. The van der Waals surface area contributed by atoms with E-state index in [-0.39, 0.29) is 24.7 Å². The Bertz CT molecular complexity index is 655. The smallest absolute Gasteiger partial charge is 0.305 e. The van der Waals surface area contributed by atoms with Gasteiger partial charge in [0.25, 0.3) is 5.91 Å². The van der Waals surface area contributed by atoms with E-state index in [0.717, 1.165) is 6.42 Å². The molecule has 1 aliphatic carbocycles. The predicted octanol–water partition coefficient (Wildman–Crippen LogP) is 2.11. The highest BCUT2D eigenvalue weighted by molar-refractivity contribution is 5.96. The first-order valence-corrected chi connectivity index (χ1v) is 8.98. The molecule has 1 aromatic carbocycles. The topological polar surface area (TPSA) is 105 Å². The second-order valence-corrected chi connectivity index (χ2v) is 6.54. The molecule has 7 nitrogen and oxygen atoms in total. The van der Waals surface area contributed by atoms with Gasteiger partial charge in [-0.15, -0.1) is 0 Å². The second kappa shape index (κ2) is 9.22. The van der Waals surface area contributed by atoms with Crippen molar-refractivity contribution in [2.45, 2.75) is 51.0 Å². The van der Waals surface area contributed by atoms with Crippen LogP contribution in [0.2, 0.25) is 0 Å². The van der Waals surface area contributed by atoms with Gasteiger partial charge in [0, 0.05) is 13.0 Å². The molecule has 7 heteroatoms. The van der Waals surface area contributed by atoms with Crippen LogP contribution in [0.4, 0.5) is 0 Å². The molecule has 0 heterocycles. The van der Waals surface area contributed by atoms with Crippen LogP contribution in [0.3, 0.4) is 0 Å². The summed E-state index contributed by atoms with van der Waals surface area (Å²) < 4.78 is 5.44. The average Bonchev–Trinajstić information content (AvgIpc) is 2.57. The first-order chi connectivity index (χ1) is 12.5. The minimum atomic E-state index is -0.898. The summed E-state index contributed by atoms with van der Waals surface area (Å²) in [6, 6.07) is 7.01. The van der Waals surface area contributed by atoms with Crippen LogP contribution >= 0.6 is 0 Å². The molecule has 0 aliphatic heterocycles. The number of carbonyl (C=O) groups excluding carboxylic acids is 2. The van der Waals surface area contributed by atoms with Gasteiger partial charge >= 0.3 is 5.97 Å². The fourth-order valence-corrected chi connectivity index (χ4v) is 3.08. The third-order valence-corrected chi connectivity index (χ3v) is 4.50. The van der Waals surface area contributed by atoms with Crippen molar-refractivity contribution in [2.24, 2.45) is 0 Å². The van der Waals surface area contributed by atoms with Crippen molar-refractivity contribution in [3.8, 4) is 5.75 Å². The number of nitrogens with one attached hydrogen (secondary N) is 2. The van der Waals surface area contributed by atoms with Gasteiger partial charge in [0.1, 0.15) is 5.75 Å². The average molecular weight is 362 g/mol. The number of amides is 2. The Balaban J connectivity index is 1.74. The molecule has 0 unspecified atom stereocenters. The van der Waals surface area contributed by atoms with Crippen LogP contribution in [0, 0.1) is 0 Å². The van der Waals surface area contributed by atoms with E-state index in [1.54, 1.807) is 24.3 Å². The number of para-hydroxylation sites is 1. The van der Waals surface area contributed by atoms with Gasteiger partial charge in [-0.25, -0.2) is 0 Å². The van der Waals surface area contributed by atoms with Crippen LogP contribution in [0.25, 0.3) is 0 Å². The summed E-state index contributed by atoms with van der Waals surface area (Å²) in [6.07, 6.45) is 3.03. The fraction of sp³-hybridized carbons (Fsp3) is 0.526. The Hall–Kier alpha value is -2.57. The number of ether oxygens (including phenoxy) is 1. The predicted molar refractivity (Wildman–Crippen MR) is 96.2 cm³/mol. The minimum absolute atomic E-state index is 0.0380. The highest BCUT2D eigenvalue weighted by Gasteiger charge is 2.40. The lowest BCUT2D eigenvalue weighted by atomic mass is 9.74. The van der Waals surface area contributed by atoms with Crippen molar-refractivity contribution in [3.63, 3.8) is 0 Å². The molecule has 0 aromatic heterocycles. The quantitative estimate of drug-likeness (QED) is 0.553. The number of aliphatic carboxylic acids is 1. The number of carboxylic acids is 1. The number of hydrogen-bond acceptors (Lipinski definition) is 4. The number of benzene rings is 1. The number of hydrogen-bond donors (Lipinski definition) is 3. The van der Waals surface area contributed by atoms with Gasteiger partial charge in [-0.2, -0.15) is 0 Å². The van der Waals surface area contributed by atoms with Crippen molar-refractivity contribution < 1.29 is 24.2 Å². The number of carbonyl (C=O) groups is 3. The first-order valence-electron chi connectivity index (χ1n) is 8.98. The third-order valence-electron chi connectivity index (χ3n) is 4.50. The molecule has 2 rings (SSSR count). The summed E-state index contributed by atoms with van der Waals surface area (Å²) in [4.78, 5) is 35.2. The van der Waals surface area contributed by atoms with E-state index in [0.29, 0.717) is 43.7 Å². The lowest BCUT2D eigenvalue weighted by Gasteiger charge is -2.41. The van der Waals surface area contributed by atoms with Gasteiger partial charge in [0.15, 0.2) is 0 Å². The van der Waals surface area contributed by atoms with E-state index in [9.17, 15) is 14.4 Å². The Labute approximate surface area is 153 Å². The summed E-state index contributed by atoms with van der Waals surface area (Å²) in [5.74, 6) is -0.776. The van der Waals surface area contributed by atoms with Crippen molar-refractivity contribution in [1.29, 1.82) is 0 Å². The maximum Gasteiger partial charge on any atom is 0.305 e. The Kier molecular flexibility index (Phi) is 7.00. The minimum Gasteiger partial charge on any atom is -0.493 e. The highest BCUT2D eigenvalue weighted by atomic mass is 16.5. The summed E-state index contributed by atoms with van der Waals surface area (Å²) in [7, 11) is 0. The molecule has 142 valence electrons. The van der Waals surface area contributed by atoms with E-state index < -0.39 is 11.5 Å². The Morgan fingerprint density at radius 2 is 1.96 bits per heavy atom. The normalized spacial score (nSPS) is 14.8. The van der Waals surface area contributed by atoms with Gasteiger partial charge in [-0.05, 0) is 44.7 Å². The maximum atomic E-state index is 12.2. The van der Waals surface area contributed by atoms with Gasteiger partial charge in [0.05, 0.1) is 24.1 Å². The molecule has 0 saturated heterocycles. The molecular weight excluding hydrogens is 336 g/mol. The lowest BCUT2D eigenvalue weighted by molar-refractivity contribution is -0.140. The third kappa shape index (κ3) is 5.47. The van der Waals surface area contributed by atoms with Crippen LogP contribution < -0.4 is 15.4 Å². The zero-order chi connectivity index (χ0) is 19.0. The van der Waals surface area contributed by atoms with Crippen molar-refractivity contribution in [2.75, 3.05) is 13.2 Å². The van der Waals surface area contributed by atoms with E-state index in [2.05, 4.69) is 10.6 Å². The molecule has 2 amide bonds. The van der Waals surface area contributed by atoms with Crippen LogP contribution in [0.5, 0.6) is 5.75 Å². The molecular formula is C19H26N2O5. The standard InChI is InChI=1S/C19H26N2O5/c1-2-26-15-8-4-3-7-14(15)18(25)20-12-5-9-16(22)21-19(10-6-11-19)13-17(23)24/h3-4,7-8H,2,5-6,9-13H2,1H3,(H,20,25)(H,21,22)(H,23,24). The summed E-state index contributed by atoms with van der Waals surface area (Å²) in [5, 5.41) is 14.6. The fourth-order valence-electron chi connectivity index (χ4n) is 3.08. The van der Waals surface area contributed by atoms with Crippen LogP contribution in [-0.2, 0) is 9.59 Å². The molecule has 26 heavy (non-hydrogen) atoms. The molecule has 1 aliphatic rings. The van der Waals surface area contributed by atoms with E-state index >= 15 is 0 Å². The Morgan fingerprint density at radius 1 is 1.23 bits per heavy atom. The van der Waals surface area contributed by atoms with Crippen molar-refractivity contribution in [1.82, 2.24) is 10.6 Å². The van der Waals surface area contributed by atoms with Crippen molar-refractivity contribution in [3.05, 3.63) is 29.8 Å². The zero-order valence-electron chi connectivity index (χ0n) is 15.0. The maximum absolute atomic E-state index is 12.2. The highest BCUT2D eigenvalue weighted by Crippen LogP contribution is 2.35. The van der Waals surface area contributed by atoms with Gasteiger partial charge < -0.3 is 20.5 Å². The molecule has 0 spiro atoms. The largest absolute Gasteiger partial charge is 0.493 e. The van der Waals surface area contributed by atoms with Crippen LogP contribution in [0.15, 0.2) is 24.3 Å². The molecule has 3 N–H and O–H groups in total. The Morgan fingerprint density at radius 3 is 2.58 bits per heavy atom. The van der Waals surface area contributed by atoms with Gasteiger partial charge in [-0.1, -0.05) is 12.1 Å². The van der Waals surface area contributed by atoms with E-state index in [4.69, 9.17) is 9.84 Å². The van der Waals surface area contributed by atoms with Gasteiger partial charge in [0.2, 0.25) is 5.91 Å². The molecule has 0 atom stereocenters. The molecule has 0 radical (unpaired) electrons.